The van der Waals surface area contributed by atoms with Crippen LogP contribution < -0.4 is 12.5 Å². The summed E-state index contributed by atoms with van der Waals surface area (Å²) < 4.78 is 6.53. The molecule has 3 aromatic carbocycles. The van der Waals surface area contributed by atoms with Crippen LogP contribution in [0.3, 0.4) is 0 Å². The molecule has 0 fully saturated rings. The Labute approximate surface area is 134 Å². The SMILES string of the molecule is O=[C]=[Rh](=[C]=O)([c]1ccccc1)([c]1ccccc1)[c]1ccccc1. The van der Waals surface area contributed by atoms with Gasteiger partial charge in [0.1, 0.15) is 0 Å². The molecule has 0 amide bonds. The van der Waals surface area contributed by atoms with Crippen LogP contribution in [0.25, 0.3) is 0 Å². The van der Waals surface area contributed by atoms with Gasteiger partial charge in [-0.15, -0.1) is 0 Å². The van der Waals surface area contributed by atoms with Crippen LogP contribution in [0.1, 0.15) is 0 Å². The molecule has 0 aliphatic rings. The van der Waals surface area contributed by atoms with Crippen molar-refractivity contribution in [2.75, 3.05) is 0 Å². The second-order valence-corrected chi connectivity index (χ2v) is 12.4. The van der Waals surface area contributed by atoms with Gasteiger partial charge >= 0.3 is 135 Å². The maximum atomic E-state index is 12.5. The minimum atomic E-state index is -4.61. The second kappa shape index (κ2) is 5.91. The normalized spacial score (nSPS) is 12.4. The molecule has 0 radical (unpaired) electrons. The summed E-state index contributed by atoms with van der Waals surface area (Å²) in [7, 11) is 0. The van der Waals surface area contributed by atoms with E-state index in [2.05, 4.69) is 8.95 Å². The molecule has 3 heteroatoms. The molecular weight excluding hydrogens is 375 g/mol. The first-order valence-electron chi connectivity index (χ1n) is 6.97. The Balaban J connectivity index is 2.66. The van der Waals surface area contributed by atoms with Crippen molar-refractivity contribution in [3.05, 3.63) is 91.0 Å². The summed E-state index contributed by atoms with van der Waals surface area (Å²) in [5, 5.41) is 0. The first kappa shape index (κ1) is 15.3. The average molecular weight is 390 g/mol. The standard InChI is InChI=1S/3C6H5.2CO.Rh/c3*1-2-4-6-5-3-1;2*1-2;/h3*1-5H;;;. The summed E-state index contributed by atoms with van der Waals surface area (Å²) >= 11 is -4.61. The van der Waals surface area contributed by atoms with Gasteiger partial charge in [-0.05, 0) is 0 Å². The van der Waals surface area contributed by atoms with E-state index in [4.69, 9.17) is 0 Å². The van der Waals surface area contributed by atoms with E-state index in [0.717, 1.165) is 0 Å². The zero-order chi connectivity index (χ0) is 16.2. The van der Waals surface area contributed by atoms with Gasteiger partial charge in [-0.25, -0.2) is 0 Å². The molecule has 0 unspecified atom stereocenters. The molecule has 0 atom stereocenters. The van der Waals surface area contributed by atoms with Crippen LogP contribution in [-0.4, -0.2) is 8.95 Å². The summed E-state index contributed by atoms with van der Waals surface area (Å²) in [4.78, 5) is 24.9. The first-order valence-corrected chi connectivity index (χ1v) is 11.1. The fourth-order valence-electron chi connectivity index (χ4n) is 2.47. The summed E-state index contributed by atoms with van der Waals surface area (Å²) in [5.74, 6) is 0. The predicted octanol–water partition coefficient (Wildman–Crippen LogP) is 1.79. The zero-order valence-electron chi connectivity index (χ0n) is 12.3. The summed E-state index contributed by atoms with van der Waals surface area (Å²) in [5.41, 5.74) is 0. The topological polar surface area (TPSA) is 34.1 Å². The molecule has 0 saturated heterocycles. The molecule has 0 saturated carbocycles. The third-order valence-corrected chi connectivity index (χ3v) is 12.2. The number of rotatable bonds is 3. The van der Waals surface area contributed by atoms with Crippen molar-refractivity contribution in [3.63, 3.8) is 0 Å². The molecule has 23 heavy (non-hydrogen) atoms. The number of benzene rings is 3. The van der Waals surface area contributed by atoms with E-state index in [1.165, 1.54) is 0 Å². The van der Waals surface area contributed by atoms with Gasteiger partial charge in [-0.3, -0.25) is 0 Å². The van der Waals surface area contributed by atoms with Gasteiger partial charge < -0.3 is 0 Å². The average Bonchev–Trinajstić information content (AvgIpc) is 2.67. The summed E-state index contributed by atoms with van der Waals surface area (Å²) in [6.45, 7) is 0. The van der Waals surface area contributed by atoms with E-state index < -0.39 is 12.7 Å². The van der Waals surface area contributed by atoms with Gasteiger partial charge in [0.05, 0.1) is 0 Å². The number of carbonyl (C=O) groups excluding carboxylic acids is 2. The molecule has 0 N–H and O–H groups in total. The van der Waals surface area contributed by atoms with Crippen LogP contribution >= 0.6 is 0 Å². The number of hydrogen-bond acceptors (Lipinski definition) is 2. The van der Waals surface area contributed by atoms with E-state index in [-0.39, 0.29) is 0 Å². The summed E-state index contributed by atoms with van der Waals surface area (Å²) in [6.07, 6.45) is 0. The van der Waals surface area contributed by atoms with Crippen LogP contribution in [0.15, 0.2) is 91.0 Å². The van der Waals surface area contributed by atoms with Crippen LogP contribution in [0.2, 0.25) is 0 Å². The molecule has 0 bridgehead atoms. The Morgan fingerprint density at radius 1 is 0.478 bits per heavy atom. The van der Waals surface area contributed by atoms with Crippen molar-refractivity contribution in [2.45, 2.75) is 0 Å². The van der Waals surface area contributed by atoms with Gasteiger partial charge in [-0.1, -0.05) is 0 Å². The Kier molecular flexibility index (Phi) is 3.94. The van der Waals surface area contributed by atoms with E-state index in [9.17, 15) is 9.59 Å². The van der Waals surface area contributed by atoms with Crippen LogP contribution in [-0.2, 0) is 22.3 Å². The van der Waals surface area contributed by atoms with Gasteiger partial charge in [0, 0.05) is 0 Å². The second-order valence-electron chi connectivity index (χ2n) is 4.78. The molecule has 0 aliphatic carbocycles. The predicted molar refractivity (Wildman–Crippen MR) is 89.6 cm³/mol. The van der Waals surface area contributed by atoms with Crippen LogP contribution in [0, 0.1) is 0 Å². The molecule has 3 rings (SSSR count). The molecule has 2 nitrogen and oxygen atoms in total. The van der Waals surface area contributed by atoms with Crippen molar-refractivity contribution in [1.29, 1.82) is 0 Å². The number of hydrogen-bond donors (Lipinski definition) is 0. The van der Waals surface area contributed by atoms with E-state index in [1.807, 2.05) is 91.0 Å². The van der Waals surface area contributed by atoms with E-state index in [1.54, 1.807) is 0 Å². The van der Waals surface area contributed by atoms with E-state index in [0.29, 0.717) is 12.5 Å². The zero-order valence-corrected chi connectivity index (χ0v) is 13.9. The van der Waals surface area contributed by atoms with Gasteiger partial charge in [0.25, 0.3) is 0 Å². The maximum absolute atomic E-state index is 12.5. The quantitative estimate of drug-likeness (QED) is 0.640. The molecule has 0 spiro atoms. The van der Waals surface area contributed by atoms with Crippen molar-refractivity contribution < 1.29 is 22.3 Å². The van der Waals surface area contributed by atoms with Crippen molar-refractivity contribution in [3.8, 4) is 0 Å². The molecule has 0 aliphatic heterocycles. The molecule has 3 aromatic rings. The van der Waals surface area contributed by atoms with Gasteiger partial charge in [0.15, 0.2) is 0 Å². The van der Waals surface area contributed by atoms with Gasteiger partial charge in [0.2, 0.25) is 0 Å². The van der Waals surface area contributed by atoms with Crippen molar-refractivity contribution in [1.82, 2.24) is 0 Å². The summed E-state index contributed by atoms with van der Waals surface area (Å²) in [6, 6.07) is 27.6. The van der Waals surface area contributed by atoms with Gasteiger partial charge in [-0.2, -0.15) is 0 Å². The fraction of sp³-hybridized carbons (Fsp3) is 0. The Hall–Kier alpha value is -2.56. The molecule has 0 aromatic heterocycles. The van der Waals surface area contributed by atoms with Crippen LogP contribution in [0.4, 0.5) is 0 Å². The first-order chi connectivity index (χ1) is 11.3. The fourth-order valence-corrected chi connectivity index (χ4v) is 9.56. The molecule has 0 heterocycles. The van der Waals surface area contributed by atoms with Crippen molar-refractivity contribution in [2.24, 2.45) is 0 Å². The monoisotopic (exact) mass is 390 g/mol. The van der Waals surface area contributed by atoms with Crippen molar-refractivity contribution >= 4 is 21.4 Å². The minimum absolute atomic E-state index is 0.693. The third-order valence-electron chi connectivity index (χ3n) is 3.58. The van der Waals surface area contributed by atoms with Crippen LogP contribution in [0.5, 0.6) is 0 Å². The molecular formula is C20H15O2Rh. The Morgan fingerprint density at radius 2 is 0.739 bits per heavy atom. The molecule has 116 valence electrons. The Morgan fingerprint density at radius 3 is 0.957 bits per heavy atom. The third kappa shape index (κ3) is 2.07. The Bertz CT molecular complexity index is 882. The van der Waals surface area contributed by atoms with E-state index >= 15 is 0 Å².